The van der Waals surface area contributed by atoms with E-state index < -0.39 is 0 Å². The molecule has 20 heavy (non-hydrogen) atoms. The minimum atomic E-state index is 0.573. The minimum absolute atomic E-state index is 0.573. The molecule has 2 rings (SSSR count). The molecule has 2 unspecified atom stereocenters. The third-order valence-corrected chi connectivity index (χ3v) is 4.14. The Bertz CT molecular complexity index is 406. The van der Waals surface area contributed by atoms with Gasteiger partial charge in [-0.05, 0) is 44.5 Å². The Labute approximate surface area is 123 Å². The Morgan fingerprint density at radius 3 is 2.90 bits per heavy atom. The quantitative estimate of drug-likeness (QED) is 0.864. The van der Waals surface area contributed by atoms with Gasteiger partial charge in [0, 0.05) is 37.3 Å². The van der Waals surface area contributed by atoms with Crippen molar-refractivity contribution in [1.82, 2.24) is 5.32 Å². The Balaban J connectivity index is 2.04. The van der Waals surface area contributed by atoms with Crippen LogP contribution in [0.15, 0.2) is 24.3 Å². The monoisotopic (exact) mass is 276 g/mol. The number of anilines is 1. The second kappa shape index (κ2) is 7.65. The van der Waals surface area contributed by atoms with Gasteiger partial charge in [0.1, 0.15) is 0 Å². The SMILES string of the molecule is CCNC1CCOCC1CN(CC)c1cccc(C)c1. The Kier molecular flexibility index (Phi) is 5.86. The fourth-order valence-corrected chi connectivity index (χ4v) is 3.03. The second-order valence-corrected chi connectivity index (χ2v) is 5.67. The van der Waals surface area contributed by atoms with E-state index in [4.69, 9.17) is 4.74 Å². The summed E-state index contributed by atoms with van der Waals surface area (Å²) in [5.41, 5.74) is 2.65. The fourth-order valence-electron chi connectivity index (χ4n) is 3.03. The normalized spacial score (nSPS) is 22.8. The molecular formula is C17H28N2O. The highest BCUT2D eigenvalue weighted by Gasteiger charge is 2.26. The molecule has 1 saturated heterocycles. The van der Waals surface area contributed by atoms with Crippen LogP contribution in [0.4, 0.5) is 5.69 Å². The fraction of sp³-hybridized carbons (Fsp3) is 0.647. The van der Waals surface area contributed by atoms with Gasteiger partial charge < -0.3 is 15.0 Å². The molecule has 1 aromatic carbocycles. The van der Waals surface area contributed by atoms with Crippen molar-refractivity contribution in [2.75, 3.05) is 37.7 Å². The average Bonchev–Trinajstić information content (AvgIpc) is 2.46. The first-order valence-corrected chi connectivity index (χ1v) is 7.87. The minimum Gasteiger partial charge on any atom is -0.381 e. The van der Waals surface area contributed by atoms with Crippen LogP contribution in [0.5, 0.6) is 0 Å². The van der Waals surface area contributed by atoms with Crippen molar-refractivity contribution < 1.29 is 4.74 Å². The third kappa shape index (κ3) is 3.97. The van der Waals surface area contributed by atoms with Gasteiger partial charge in [0.05, 0.1) is 6.61 Å². The van der Waals surface area contributed by atoms with Gasteiger partial charge >= 0.3 is 0 Å². The summed E-state index contributed by atoms with van der Waals surface area (Å²) in [5.74, 6) is 0.573. The van der Waals surface area contributed by atoms with Crippen molar-refractivity contribution >= 4 is 5.69 Å². The number of nitrogens with one attached hydrogen (secondary N) is 1. The van der Waals surface area contributed by atoms with Crippen LogP contribution >= 0.6 is 0 Å². The number of benzene rings is 1. The van der Waals surface area contributed by atoms with Crippen LogP contribution < -0.4 is 10.2 Å². The molecule has 3 heteroatoms. The Morgan fingerprint density at radius 2 is 2.20 bits per heavy atom. The summed E-state index contributed by atoms with van der Waals surface area (Å²) in [6.07, 6.45) is 1.13. The molecule has 1 aliphatic rings. The molecule has 1 aliphatic heterocycles. The van der Waals surface area contributed by atoms with Crippen LogP contribution in [0.3, 0.4) is 0 Å². The molecule has 0 bridgehead atoms. The van der Waals surface area contributed by atoms with Gasteiger partial charge in [0.2, 0.25) is 0 Å². The van der Waals surface area contributed by atoms with Crippen molar-refractivity contribution in [2.45, 2.75) is 33.2 Å². The number of aryl methyl sites for hydroxylation is 1. The molecule has 1 fully saturated rings. The lowest BCUT2D eigenvalue weighted by molar-refractivity contribution is 0.0352. The van der Waals surface area contributed by atoms with E-state index in [1.165, 1.54) is 11.3 Å². The van der Waals surface area contributed by atoms with Crippen LogP contribution in [0.1, 0.15) is 25.8 Å². The van der Waals surface area contributed by atoms with Crippen molar-refractivity contribution in [2.24, 2.45) is 5.92 Å². The van der Waals surface area contributed by atoms with Gasteiger partial charge in [-0.2, -0.15) is 0 Å². The first-order chi connectivity index (χ1) is 9.74. The topological polar surface area (TPSA) is 24.5 Å². The van der Waals surface area contributed by atoms with E-state index in [0.717, 1.165) is 39.3 Å². The van der Waals surface area contributed by atoms with Crippen molar-refractivity contribution in [3.63, 3.8) is 0 Å². The van der Waals surface area contributed by atoms with E-state index in [-0.39, 0.29) is 0 Å². The highest BCUT2D eigenvalue weighted by molar-refractivity contribution is 5.48. The maximum absolute atomic E-state index is 5.70. The summed E-state index contributed by atoms with van der Waals surface area (Å²) >= 11 is 0. The van der Waals surface area contributed by atoms with Crippen LogP contribution in [-0.4, -0.2) is 38.9 Å². The molecule has 0 radical (unpaired) electrons. The van der Waals surface area contributed by atoms with Gasteiger partial charge in [-0.3, -0.25) is 0 Å². The molecule has 0 aromatic heterocycles. The van der Waals surface area contributed by atoms with E-state index in [0.29, 0.717) is 12.0 Å². The first kappa shape index (κ1) is 15.3. The van der Waals surface area contributed by atoms with Crippen LogP contribution in [-0.2, 0) is 4.74 Å². The number of ether oxygens (including phenoxy) is 1. The molecule has 2 atom stereocenters. The zero-order chi connectivity index (χ0) is 14.4. The Hall–Kier alpha value is -1.06. The smallest absolute Gasteiger partial charge is 0.0526 e. The van der Waals surface area contributed by atoms with E-state index in [1.807, 2.05) is 0 Å². The number of hydrogen-bond donors (Lipinski definition) is 1. The predicted molar refractivity (Wildman–Crippen MR) is 85.5 cm³/mol. The average molecular weight is 276 g/mol. The zero-order valence-electron chi connectivity index (χ0n) is 13.1. The van der Waals surface area contributed by atoms with Gasteiger partial charge in [0.15, 0.2) is 0 Å². The largest absolute Gasteiger partial charge is 0.381 e. The predicted octanol–water partition coefficient (Wildman–Crippen LogP) is 2.84. The number of nitrogens with zero attached hydrogens (tertiary/aromatic N) is 1. The number of rotatable bonds is 6. The summed E-state index contributed by atoms with van der Waals surface area (Å²) in [5, 5.41) is 3.62. The summed E-state index contributed by atoms with van der Waals surface area (Å²) in [6, 6.07) is 9.37. The maximum atomic E-state index is 5.70. The molecular weight excluding hydrogens is 248 g/mol. The molecule has 0 saturated carbocycles. The lowest BCUT2D eigenvalue weighted by Crippen LogP contribution is -2.47. The van der Waals surface area contributed by atoms with Gasteiger partial charge in [0.25, 0.3) is 0 Å². The van der Waals surface area contributed by atoms with E-state index in [9.17, 15) is 0 Å². The van der Waals surface area contributed by atoms with E-state index in [2.05, 4.69) is 55.3 Å². The standard InChI is InChI=1S/C17H28N2O/c1-4-18-17-9-10-20-13-15(17)12-19(5-2)16-8-6-7-14(3)11-16/h6-8,11,15,17-18H,4-5,9-10,12-13H2,1-3H3. The summed E-state index contributed by atoms with van der Waals surface area (Å²) in [6.45, 7) is 11.5. The summed E-state index contributed by atoms with van der Waals surface area (Å²) in [7, 11) is 0. The molecule has 1 aromatic rings. The van der Waals surface area contributed by atoms with Crippen molar-refractivity contribution in [3.8, 4) is 0 Å². The molecule has 0 aliphatic carbocycles. The van der Waals surface area contributed by atoms with Gasteiger partial charge in [-0.25, -0.2) is 0 Å². The first-order valence-electron chi connectivity index (χ1n) is 7.87. The van der Waals surface area contributed by atoms with Gasteiger partial charge in [-0.15, -0.1) is 0 Å². The van der Waals surface area contributed by atoms with Crippen molar-refractivity contribution in [1.29, 1.82) is 0 Å². The zero-order valence-corrected chi connectivity index (χ0v) is 13.1. The van der Waals surface area contributed by atoms with Gasteiger partial charge in [-0.1, -0.05) is 19.1 Å². The lowest BCUT2D eigenvalue weighted by Gasteiger charge is -2.36. The van der Waals surface area contributed by atoms with E-state index >= 15 is 0 Å². The van der Waals surface area contributed by atoms with Crippen LogP contribution in [0.2, 0.25) is 0 Å². The Morgan fingerprint density at radius 1 is 1.35 bits per heavy atom. The highest BCUT2D eigenvalue weighted by atomic mass is 16.5. The molecule has 112 valence electrons. The van der Waals surface area contributed by atoms with Crippen LogP contribution in [0.25, 0.3) is 0 Å². The molecule has 1 N–H and O–H groups in total. The summed E-state index contributed by atoms with van der Waals surface area (Å²) in [4.78, 5) is 2.47. The third-order valence-electron chi connectivity index (χ3n) is 4.14. The molecule has 0 amide bonds. The molecule has 1 heterocycles. The summed E-state index contributed by atoms with van der Waals surface area (Å²) < 4.78 is 5.70. The van der Waals surface area contributed by atoms with Crippen LogP contribution in [0, 0.1) is 12.8 Å². The lowest BCUT2D eigenvalue weighted by atomic mass is 9.94. The molecule has 3 nitrogen and oxygen atoms in total. The highest BCUT2D eigenvalue weighted by Crippen LogP contribution is 2.21. The maximum Gasteiger partial charge on any atom is 0.0526 e. The molecule has 0 spiro atoms. The van der Waals surface area contributed by atoms with E-state index in [1.54, 1.807) is 0 Å². The second-order valence-electron chi connectivity index (χ2n) is 5.67. The van der Waals surface area contributed by atoms with Crippen molar-refractivity contribution in [3.05, 3.63) is 29.8 Å². The number of hydrogen-bond acceptors (Lipinski definition) is 3.